The molecular formula is C14H11ClFNO2S. The Hall–Kier alpha value is -1.33. The van der Waals surface area contributed by atoms with Gasteiger partial charge in [0.1, 0.15) is 0 Å². The Labute approximate surface area is 124 Å². The molecule has 1 aliphatic rings. The second-order valence-electron chi connectivity index (χ2n) is 4.65. The van der Waals surface area contributed by atoms with Crippen LogP contribution >= 0.6 is 23.4 Å². The summed E-state index contributed by atoms with van der Waals surface area (Å²) in [5, 5.41) is 3.72. The number of nitrogens with zero attached hydrogens (tertiary/aromatic N) is 1. The fraction of sp³-hybridized carbons (Fsp3) is 0.286. The molecule has 0 atom stereocenters. The SMILES string of the molecule is CSc1c(C(=O)c2cnoc2C2CC2)ccc(Cl)c1F. The van der Waals surface area contributed by atoms with Crippen molar-refractivity contribution in [3.8, 4) is 0 Å². The first kappa shape index (κ1) is 13.6. The van der Waals surface area contributed by atoms with E-state index in [1.807, 2.05) is 0 Å². The minimum absolute atomic E-state index is 0.0126. The quantitative estimate of drug-likeness (QED) is 0.624. The van der Waals surface area contributed by atoms with E-state index in [1.165, 1.54) is 12.3 Å². The zero-order chi connectivity index (χ0) is 14.3. The van der Waals surface area contributed by atoms with Crippen LogP contribution in [-0.2, 0) is 0 Å². The average Bonchev–Trinajstić information content (AvgIpc) is 3.18. The van der Waals surface area contributed by atoms with E-state index in [0.717, 1.165) is 24.6 Å². The topological polar surface area (TPSA) is 43.1 Å². The number of thioether (sulfide) groups is 1. The predicted octanol–water partition coefficient (Wildman–Crippen LogP) is 4.30. The smallest absolute Gasteiger partial charge is 0.199 e. The van der Waals surface area contributed by atoms with Crippen molar-refractivity contribution in [1.82, 2.24) is 5.16 Å². The van der Waals surface area contributed by atoms with Crippen LogP contribution in [-0.4, -0.2) is 17.2 Å². The zero-order valence-corrected chi connectivity index (χ0v) is 12.2. The first-order chi connectivity index (χ1) is 9.63. The van der Waals surface area contributed by atoms with Gasteiger partial charge in [-0.3, -0.25) is 4.79 Å². The van der Waals surface area contributed by atoms with Crippen LogP contribution in [0.2, 0.25) is 5.02 Å². The Morgan fingerprint density at radius 2 is 2.20 bits per heavy atom. The van der Waals surface area contributed by atoms with Gasteiger partial charge in [0.2, 0.25) is 0 Å². The fourth-order valence-corrected chi connectivity index (χ4v) is 3.00. The number of rotatable bonds is 4. The van der Waals surface area contributed by atoms with E-state index in [0.29, 0.717) is 16.9 Å². The van der Waals surface area contributed by atoms with Gasteiger partial charge in [0.25, 0.3) is 0 Å². The molecule has 1 fully saturated rings. The highest BCUT2D eigenvalue weighted by Crippen LogP contribution is 2.42. The summed E-state index contributed by atoms with van der Waals surface area (Å²) in [5.74, 6) is 0.0475. The lowest BCUT2D eigenvalue weighted by Gasteiger charge is -2.08. The average molecular weight is 312 g/mol. The minimum Gasteiger partial charge on any atom is -0.360 e. The number of benzene rings is 1. The molecule has 0 N–H and O–H groups in total. The summed E-state index contributed by atoms with van der Waals surface area (Å²) in [4.78, 5) is 12.8. The van der Waals surface area contributed by atoms with Crippen molar-refractivity contribution in [1.29, 1.82) is 0 Å². The number of halogens is 2. The Morgan fingerprint density at radius 1 is 1.45 bits per heavy atom. The Balaban J connectivity index is 2.06. The van der Waals surface area contributed by atoms with Crippen LogP contribution in [0.3, 0.4) is 0 Å². The largest absolute Gasteiger partial charge is 0.360 e. The maximum Gasteiger partial charge on any atom is 0.199 e. The molecule has 3 rings (SSSR count). The maximum absolute atomic E-state index is 14.0. The highest BCUT2D eigenvalue weighted by molar-refractivity contribution is 7.98. The molecule has 0 bridgehead atoms. The van der Waals surface area contributed by atoms with E-state index in [-0.39, 0.29) is 21.6 Å². The number of ketones is 1. The molecule has 0 amide bonds. The molecule has 1 aromatic carbocycles. The maximum atomic E-state index is 14.0. The van der Waals surface area contributed by atoms with Crippen LogP contribution in [0, 0.1) is 5.82 Å². The van der Waals surface area contributed by atoms with E-state index in [1.54, 1.807) is 12.3 Å². The van der Waals surface area contributed by atoms with Gasteiger partial charge in [-0.2, -0.15) is 0 Å². The molecule has 20 heavy (non-hydrogen) atoms. The van der Waals surface area contributed by atoms with Gasteiger partial charge in [-0.05, 0) is 31.2 Å². The van der Waals surface area contributed by atoms with Crippen molar-refractivity contribution in [2.75, 3.05) is 6.26 Å². The van der Waals surface area contributed by atoms with Crippen molar-refractivity contribution in [2.45, 2.75) is 23.7 Å². The molecule has 0 unspecified atom stereocenters. The summed E-state index contributed by atoms with van der Waals surface area (Å²) >= 11 is 6.92. The third kappa shape index (κ3) is 2.25. The molecule has 6 heteroatoms. The van der Waals surface area contributed by atoms with Gasteiger partial charge in [0.15, 0.2) is 17.4 Å². The molecule has 0 spiro atoms. The lowest BCUT2D eigenvalue weighted by atomic mass is 10.0. The Bertz CT molecular complexity index is 682. The van der Waals surface area contributed by atoms with Gasteiger partial charge in [-0.25, -0.2) is 4.39 Å². The number of aromatic nitrogens is 1. The van der Waals surface area contributed by atoms with Crippen LogP contribution in [0.25, 0.3) is 0 Å². The second-order valence-corrected chi connectivity index (χ2v) is 5.87. The van der Waals surface area contributed by atoms with Crippen LogP contribution in [0.4, 0.5) is 4.39 Å². The van der Waals surface area contributed by atoms with E-state index in [9.17, 15) is 9.18 Å². The molecule has 1 saturated carbocycles. The standard InChI is InChI=1S/C14H11ClFNO2S/c1-20-14-8(4-5-10(15)11(14)16)12(18)9-6-17-19-13(9)7-2-3-7/h4-7H,2-3H2,1H3. The van der Waals surface area contributed by atoms with Crippen molar-refractivity contribution >= 4 is 29.1 Å². The van der Waals surface area contributed by atoms with Gasteiger partial charge >= 0.3 is 0 Å². The molecule has 104 valence electrons. The molecule has 1 aromatic heterocycles. The van der Waals surface area contributed by atoms with Crippen LogP contribution < -0.4 is 0 Å². The molecule has 1 heterocycles. The second kappa shape index (κ2) is 5.22. The van der Waals surface area contributed by atoms with Crippen LogP contribution in [0.1, 0.15) is 40.4 Å². The fourth-order valence-electron chi connectivity index (χ4n) is 2.11. The van der Waals surface area contributed by atoms with Crippen molar-refractivity contribution in [3.05, 3.63) is 46.1 Å². The van der Waals surface area contributed by atoms with E-state index < -0.39 is 5.82 Å². The van der Waals surface area contributed by atoms with Crippen molar-refractivity contribution in [2.24, 2.45) is 0 Å². The van der Waals surface area contributed by atoms with E-state index in [2.05, 4.69) is 5.16 Å². The molecule has 1 aliphatic carbocycles. The number of carbonyl (C=O) groups is 1. The van der Waals surface area contributed by atoms with Crippen molar-refractivity contribution < 1.29 is 13.7 Å². The van der Waals surface area contributed by atoms with E-state index >= 15 is 0 Å². The number of hydrogen-bond acceptors (Lipinski definition) is 4. The van der Waals surface area contributed by atoms with Gasteiger partial charge < -0.3 is 4.52 Å². The molecule has 3 nitrogen and oxygen atoms in total. The van der Waals surface area contributed by atoms with Gasteiger partial charge in [0.05, 0.1) is 21.7 Å². The summed E-state index contributed by atoms with van der Waals surface area (Å²) in [6.45, 7) is 0. The van der Waals surface area contributed by atoms with Gasteiger partial charge in [0, 0.05) is 11.5 Å². The Morgan fingerprint density at radius 3 is 2.85 bits per heavy atom. The van der Waals surface area contributed by atoms with Crippen molar-refractivity contribution in [3.63, 3.8) is 0 Å². The summed E-state index contributed by atoms with van der Waals surface area (Å²) < 4.78 is 19.2. The lowest BCUT2D eigenvalue weighted by Crippen LogP contribution is -2.06. The third-order valence-electron chi connectivity index (χ3n) is 3.29. The lowest BCUT2D eigenvalue weighted by molar-refractivity contribution is 0.103. The normalized spacial score (nSPS) is 14.6. The first-order valence-electron chi connectivity index (χ1n) is 6.14. The monoisotopic (exact) mass is 311 g/mol. The molecule has 2 aromatic rings. The van der Waals surface area contributed by atoms with E-state index in [4.69, 9.17) is 16.1 Å². The number of hydrogen-bond donors (Lipinski definition) is 0. The summed E-state index contributed by atoms with van der Waals surface area (Å²) in [6, 6.07) is 2.94. The highest BCUT2D eigenvalue weighted by atomic mass is 35.5. The predicted molar refractivity (Wildman–Crippen MR) is 75.1 cm³/mol. The van der Waals surface area contributed by atoms with Crippen LogP contribution in [0.15, 0.2) is 27.7 Å². The first-order valence-corrected chi connectivity index (χ1v) is 7.75. The van der Waals surface area contributed by atoms with Gasteiger partial charge in [-0.15, -0.1) is 11.8 Å². The molecule has 0 saturated heterocycles. The Kier molecular flexibility index (Phi) is 3.56. The van der Waals surface area contributed by atoms with Crippen LogP contribution in [0.5, 0.6) is 0 Å². The zero-order valence-electron chi connectivity index (χ0n) is 10.7. The number of carbonyl (C=O) groups excluding carboxylic acids is 1. The highest BCUT2D eigenvalue weighted by Gasteiger charge is 2.33. The third-order valence-corrected chi connectivity index (χ3v) is 4.39. The summed E-state index contributed by atoms with van der Waals surface area (Å²) in [7, 11) is 0. The van der Waals surface area contributed by atoms with Gasteiger partial charge in [-0.1, -0.05) is 16.8 Å². The minimum atomic E-state index is -0.561. The summed E-state index contributed by atoms with van der Waals surface area (Å²) in [5.41, 5.74) is 0.717. The summed E-state index contributed by atoms with van der Waals surface area (Å²) in [6.07, 6.45) is 5.12. The molecule has 0 radical (unpaired) electrons. The molecule has 0 aliphatic heterocycles. The molecular weight excluding hydrogens is 301 g/mol.